The Morgan fingerprint density at radius 1 is 0.861 bits per heavy atom. The van der Waals surface area contributed by atoms with Gasteiger partial charge in [-0.3, -0.25) is 9.59 Å². The summed E-state index contributed by atoms with van der Waals surface area (Å²) in [7, 11) is 2.87. The van der Waals surface area contributed by atoms with Crippen molar-refractivity contribution in [3.63, 3.8) is 0 Å². The molecule has 1 N–H and O–H groups in total. The average Bonchev–Trinajstić information content (AvgIpc) is 2.74. The number of methoxy groups -OCH3 is 2. The van der Waals surface area contributed by atoms with E-state index in [-0.39, 0.29) is 17.9 Å². The number of ether oxygens (including phenoxy) is 3. The van der Waals surface area contributed by atoms with E-state index < -0.39 is 48.2 Å². The number of rotatable bonds is 3. The minimum Gasteiger partial charge on any atom is -0.493 e. The Balaban J connectivity index is 0.000000426. The van der Waals surface area contributed by atoms with Crippen molar-refractivity contribution < 1.29 is 72.9 Å². The highest BCUT2D eigenvalue weighted by Gasteiger charge is 2.49. The number of esters is 2. The van der Waals surface area contributed by atoms with Gasteiger partial charge in [-0.1, -0.05) is 6.92 Å². The van der Waals surface area contributed by atoms with E-state index in [1.165, 1.54) is 26.4 Å². The van der Waals surface area contributed by atoms with Gasteiger partial charge in [0.25, 0.3) is 0 Å². The lowest BCUT2D eigenvalue weighted by Crippen LogP contribution is -2.49. The minimum atomic E-state index is -5.62. The van der Waals surface area contributed by atoms with Crippen molar-refractivity contribution in [2.75, 3.05) is 14.2 Å². The molecule has 0 radical (unpaired) electrons. The molecule has 0 spiro atoms. The van der Waals surface area contributed by atoms with Crippen molar-refractivity contribution in [1.29, 1.82) is 0 Å². The molecule has 0 saturated carbocycles. The molecular formula is C19H16F9NO7. The fraction of sp³-hybridized carbons (Fsp3) is 0.474. The van der Waals surface area contributed by atoms with Crippen molar-refractivity contribution in [3.8, 4) is 11.5 Å². The number of benzene rings is 1. The number of carbonyl (C=O) groups is 4. The predicted octanol–water partition coefficient (Wildman–Crippen LogP) is 3.62. The van der Waals surface area contributed by atoms with Gasteiger partial charge in [-0.25, -0.2) is 9.59 Å². The third-order valence-electron chi connectivity index (χ3n) is 4.46. The zero-order chi connectivity index (χ0) is 28.2. The van der Waals surface area contributed by atoms with Crippen LogP contribution in [-0.4, -0.2) is 62.4 Å². The van der Waals surface area contributed by atoms with Crippen LogP contribution in [0.1, 0.15) is 35.2 Å². The van der Waals surface area contributed by atoms with E-state index in [4.69, 9.17) is 9.47 Å². The second-order valence-corrected chi connectivity index (χ2v) is 6.96. The molecule has 2 unspecified atom stereocenters. The number of halogens is 9. The van der Waals surface area contributed by atoms with Gasteiger partial charge in [-0.2, -0.15) is 39.5 Å². The molecule has 1 aromatic carbocycles. The highest BCUT2D eigenvalue weighted by atomic mass is 19.4. The molecule has 2 atom stereocenters. The van der Waals surface area contributed by atoms with Gasteiger partial charge >= 0.3 is 36.4 Å². The third-order valence-corrected chi connectivity index (χ3v) is 4.46. The van der Waals surface area contributed by atoms with E-state index in [2.05, 4.69) is 4.74 Å². The Morgan fingerprint density at radius 3 is 1.75 bits per heavy atom. The van der Waals surface area contributed by atoms with Crippen molar-refractivity contribution >= 4 is 23.6 Å². The Hall–Kier alpha value is -3.53. The van der Waals surface area contributed by atoms with Gasteiger partial charge in [0, 0.05) is 11.1 Å². The molecule has 1 aromatic rings. The summed E-state index contributed by atoms with van der Waals surface area (Å²) in [6, 6.07) is 1.77. The predicted molar refractivity (Wildman–Crippen MR) is 98.1 cm³/mol. The fourth-order valence-corrected chi connectivity index (χ4v) is 2.99. The molecule has 1 amide bonds. The summed E-state index contributed by atoms with van der Waals surface area (Å²) in [6.07, 6.45) is -16.2. The first-order chi connectivity index (χ1) is 16.2. The molecule has 0 aromatic heterocycles. The van der Waals surface area contributed by atoms with Crippen LogP contribution in [0.25, 0.3) is 0 Å². The van der Waals surface area contributed by atoms with Crippen LogP contribution in [-0.2, 0) is 19.1 Å². The highest BCUT2D eigenvalue weighted by Crippen LogP contribution is 2.43. The lowest BCUT2D eigenvalue weighted by Gasteiger charge is -2.30. The maximum atomic E-state index is 12.4. The fourth-order valence-electron chi connectivity index (χ4n) is 2.99. The molecule has 36 heavy (non-hydrogen) atoms. The van der Waals surface area contributed by atoms with E-state index in [0.717, 1.165) is 0 Å². The summed E-state index contributed by atoms with van der Waals surface area (Å²) in [5.74, 6) is -8.56. The summed E-state index contributed by atoms with van der Waals surface area (Å²) in [5, 5.41) is 1.76. The SMILES string of the molecule is COc1ccc2c(c1OC)C(C)CC(NC(=O)C(F)(F)F)C2=O.O=C(OC(=O)C(F)(F)F)C(F)(F)F. The molecule has 1 aliphatic rings. The van der Waals surface area contributed by atoms with Crippen LogP contribution in [0.15, 0.2) is 12.1 Å². The number of amides is 1. The first kappa shape index (κ1) is 30.5. The monoisotopic (exact) mass is 541 g/mol. The van der Waals surface area contributed by atoms with Gasteiger partial charge in [-0.05, 0) is 24.5 Å². The van der Waals surface area contributed by atoms with Crippen molar-refractivity contribution in [2.24, 2.45) is 0 Å². The molecule has 0 saturated heterocycles. The second kappa shape index (κ2) is 11.0. The molecular weight excluding hydrogens is 525 g/mol. The summed E-state index contributed by atoms with van der Waals surface area (Å²) in [4.78, 5) is 42.8. The number of carbonyl (C=O) groups excluding carboxylic acids is 4. The standard InChI is InChI=1S/C15H16F3NO4.C4F6O3/c1-7-6-9(19-14(21)15(16,17)18)12(20)8-4-5-10(22-2)13(23-3)11(7)8;5-3(6,7)1(11)13-2(12)4(8,9)10/h4-5,7,9H,6H2,1-3H3,(H,19,21);. The maximum absolute atomic E-state index is 12.4. The number of Topliss-reactive ketones (excluding diaryl/α,β-unsaturated/α-hetero) is 1. The Morgan fingerprint density at radius 2 is 1.36 bits per heavy atom. The number of fused-ring (bicyclic) bond motifs is 1. The largest absolute Gasteiger partial charge is 0.493 e. The number of hydrogen-bond acceptors (Lipinski definition) is 7. The Labute approximate surface area is 195 Å². The number of ketones is 1. The van der Waals surface area contributed by atoms with Gasteiger partial charge in [0.05, 0.1) is 20.3 Å². The van der Waals surface area contributed by atoms with Crippen LogP contribution in [0.4, 0.5) is 39.5 Å². The van der Waals surface area contributed by atoms with E-state index in [9.17, 15) is 58.7 Å². The molecule has 202 valence electrons. The van der Waals surface area contributed by atoms with Crippen molar-refractivity contribution in [1.82, 2.24) is 5.32 Å². The molecule has 8 nitrogen and oxygen atoms in total. The van der Waals surface area contributed by atoms with Crippen LogP contribution in [0.5, 0.6) is 11.5 Å². The first-order valence-corrected chi connectivity index (χ1v) is 9.32. The van der Waals surface area contributed by atoms with E-state index in [0.29, 0.717) is 17.1 Å². The third kappa shape index (κ3) is 7.48. The Kier molecular flexibility index (Phi) is 9.34. The van der Waals surface area contributed by atoms with Crippen LogP contribution < -0.4 is 14.8 Å². The van der Waals surface area contributed by atoms with Gasteiger partial charge in [-0.15, -0.1) is 0 Å². The lowest BCUT2D eigenvalue weighted by atomic mass is 9.79. The number of hydrogen-bond donors (Lipinski definition) is 1. The quantitative estimate of drug-likeness (QED) is 0.354. The van der Waals surface area contributed by atoms with E-state index in [1.54, 1.807) is 12.2 Å². The number of alkyl halides is 9. The minimum absolute atomic E-state index is 0.0528. The smallest absolute Gasteiger partial charge is 0.491 e. The topological polar surface area (TPSA) is 108 Å². The van der Waals surface area contributed by atoms with Crippen molar-refractivity contribution in [2.45, 2.75) is 43.8 Å². The second-order valence-electron chi connectivity index (χ2n) is 6.96. The normalized spacial score (nSPS) is 17.7. The summed E-state index contributed by atoms with van der Waals surface area (Å²) < 4.78 is 117. The zero-order valence-electron chi connectivity index (χ0n) is 18.3. The van der Waals surface area contributed by atoms with Crippen molar-refractivity contribution in [3.05, 3.63) is 23.3 Å². The molecule has 0 heterocycles. The molecule has 2 rings (SSSR count). The molecule has 0 aliphatic heterocycles. The molecule has 0 bridgehead atoms. The molecule has 17 heteroatoms. The van der Waals surface area contributed by atoms with E-state index in [1.807, 2.05) is 0 Å². The highest BCUT2D eigenvalue weighted by molar-refractivity contribution is 6.05. The van der Waals surface area contributed by atoms with Crippen LogP contribution in [0, 0.1) is 0 Å². The molecule has 0 fully saturated rings. The lowest BCUT2D eigenvalue weighted by molar-refractivity contribution is -0.221. The van der Waals surface area contributed by atoms with E-state index >= 15 is 0 Å². The number of nitrogens with one attached hydrogen (secondary N) is 1. The summed E-state index contributed by atoms with van der Waals surface area (Å²) in [5.41, 5.74) is 0.809. The van der Waals surface area contributed by atoms with Crippen LogP contribution >= 0.6 is 0 Å². The average molecular weight is 541 g/mol. The zero-order valence-corrected chi connectivity index (χ0v) is 18.3. The summed E-state index contributed by atoms with van der Waals surface area (Å²) >= 11 is 0. The maximum Gasteiger partial charge on any atom is 0.491 e. The van der Waals surface area contributed by atoms with Crippen LogP contribution in [0.3, 0.4) is 0 Å². The molecule has 1 aliphatic carbocycles. The van der Waals surface area contributed by atoms with Gasteiger partial charge in [0.2, 0.25) is 0 Å². The van der Waals surface area contributed by atoms with Crippen LogP contribution in [0.2, 0.25) is 0 Å². The summed E-state index contributed by atoms with van der Waals surface area (Å²) in [6.45, 7) is 1.75. The van der Waals surface area contributed by atoms with Gasteiger partial charge < -0.3 is 19.5 Å². The Bertz CT molecular complexity index is 992. The van der Waals surface area contributed by atoms with Gasteiger partial charge in [0.15, 0.2) is 17.3 Å². The van der Waals surface area contributed by atoms with Gasteiger partial charge in [0.1, 0.15) is 0 Å². The first-order valence-electron chi connectivity index (χ1n) is 9.32.